The minimum Gasteiger partial charge on any atom is -0.448 e. The number of hydrogen-bond donors (Lipinski definition) is 1. The molecule has 4 aromatic rings. The molecular weight excluding hydrogens is 438 g/mol. The van der Waals surface area contributed by atoms with Crippen LogP contribution < -0.4 is 10.9 Å². The first-order valence-electron chi connectivity index (χ1n) is 11.0. The van der Waals surface area contributed by atoms with E-state index in [4.69, 9.17) is 14.1 Å². The van der Waals surface area contributed by atoms with Crippen molar-refractivity contribution >= 4 is 45.4 Å². The molecule has 1 saturated heterocycles. The van der Waals surface area contributed by atoms with Crippen molar-refractivity contribution in [3.05, 3.63) is 63.9 Å². The molecule has 5 rings (SSSR count). The fourth-order valence-electron chi connectivity index (χ4n) is 4.12. The van der Waals surface area contributed by atoms with Crippen LogP contribution in [0.4, 0.5) is 5.69 Å². The number of carbonyl (C=O) groups excluding carboxylic acids is 1. The zero-order valence-corrected chi connectivity index (χ0v) is 19.4. The van der Waals surface area contributed by atoms with Gasteiger partial charge in [0, 0.05) is 17.7 Å². The summed E-state index contributed by atoms with van der Waals surface area (Å²) in [5, 5.41) is 4.25. The Labute approximate surface area is 195 Å². The van der Waals surface area contributed by atoms with Crippen LogP contribution >= 0.6 is 11.8 Å². The number of nitrogens with zero attached hydrogens (tertiary/aromatic N) is 2. The predicted molar refractivity (Wildman–Crippen MR) is 130 cm³/mol. The van der Waals surface area contributed by atoms with Gasteiger partial charge in [-0.15, -0.1) is 0 Å². The Morgan fingerprint density at radius 1 is 1.21 bits per heavy atom. The van der Waals surface area contributed by atoms with Crippen LogP contribution in [0.25, 0.3) is 22.1 Å². The molecule has 0 saturated carbocycles. The molecule has 0 radical (unpaired) electrons. The number of nitrogens with one attached hydrogen (secondary N) is 1. The fourth-order valence-corrected chi connectivity index (χ4v) is 4.92. The Hall–Kier alpha value is -3.10. The Balaban J connectivity index is 1.47. The van der Waals surface area contributed by atoms with Crippen molar-refractivity contribution in [2.24, 2.45) is 0 Å². The highest BCUT2D eigenvalue weighted by Gasteiger charge is 2.23. The molecule has 1 aliphatic heterocycles. The first-order valence-corrected chi connectivity index (χ1v) is 12.0. The molecule has 1 unspecified atom stereocenters. The molecule has 2 aromatic carbocycles. The van der Waals surface area contributed by atoms with Gasteiger partial charge in [0.1, 0.15) is 11.1 Å². The number of thioether (sulfide) groups is 1. The Bertz CT molecular complexity index is 1400. The Morgan fingerprint density at radius 2 is 2.06 bits per heavy atom. The van der Waals surface area contributed by atoms with Crippen molar-refractivity contribution < 1.29 is 13.9 Å². The van der Waals surface area contributed by atoms with Crippen molar-refractivity contribution in [2.45, 2.75) is 44.5 Å². The maximum atomic E-state index is 13.4. The third-order valence-corrected chi connectivity index (χ3v) is 7.04. The van der Waals surface area contributed by atoms with E-state index >= 15 is 0 Å². The smallest absolute Gasteiger partial charge is 0.297 e. The average molecular weight is 464 g/mol. The molecule has 8 heteroatoms. The predicted octanol–water partition coefficient (Wildman–Crippen LogP) is 4.67. The highest BCUT2D eigenvalue weighted by atomic mass is 32.2. The van der Waals surface area contributed by atoms with Crippen LogP contribution in [0.2, 0.25) is 0 Å². The van der Waals surface area contributed by atoms with Gasteiger partial charge in [-0.3, -0.25) is 14.2 Å². The number of hydrogen-bond acceptors (Lipinski definition) is 6. The zero-order chi connectivity index (χ0) is 22.9. The second-order valence-electron chi connectivity index (χ2n) is 8.31. The van der Waals surface area contributed by atoms with E-state index in [0.717, 1.165) is 35.0 Å². The van der Waals surface area contributed by atoms with E-state index in [1.54, 1.807) is 4.57 Å². The lowest BCUT2D eigenvalue weighted by atomic mass is 10.1. The molecule has 1 atom stereocenters. The van der Waals surface area contributed by atoms with E-state index in [1.807, 2.05) is 56.3 Å². The van der Waals surface area contributed by atoms with E-state index < -0.39 is 0 Å². The number of ether oxygens (including phenoxy) is 1. The van der Waals surface area contributed by atoms with Gasteiger partial charge in [0.2, 0.25) is 11.5 Å². The van der Waals surface area contributed by atoms with Crippen LogP contribution in [0.5, 0.6) is 0 Å². The van der Waals surface area contributed by atoms with Gasteiger partial charge in [-0.25, -0.2) is 4.98 Å². The summed E-state index contributed by atoms with van der Waals surface area (Å²) in [4.78, 5) is 30.9. The van der Waals surface area contributed by atoms with Gasteiger partial charge in [-0.1, -0.05) is 36.0 Å². The topological polar surface area (TPSA) is 86.4 Å². The van der Waals surface area contributed by atoms with E-state index in [-0.39, 0.29) is 28.9 Å². The molecular formula is C25H25N3O4S. The van der Waals surface area contributed by atoms with Crippen molar-refractivity contribution in [2.75, 3.05) is 17.7 Å². The molecule has 0 spiro atoms. The summed E-state index contributed by atoms with van der Waals surface area (Å²) < 4.78 is 13.2. The first kappa shape index (κ1) is 21.7. The fraction of sp³-hybridized carbons (Fsp3) is 0.320. The van der Waals surface area contributed by atoms with Crippen LogP contribution in [0, 0.1) is 13.8 Å². The minimum absolute atomic E-state index is 0.0468. The molecule has 2 aromatic heterocycles. The van der Waals surface area contributed by atoms with E-state index in [9.17, 15) is 9.59 Å². The number of aromatic nitrogens is 2. The van der Waals surface area contributed by atoms with E-state index in [0.29, 0.717) is 29.4 Å². The number of aryl methyl sites for hydroxylation is 1. The number of carbonyl (C=O) groups is 1. The third-order valence-electron chi connectivity index (χ3n) is 6.07. The summed E-state index contributed by atoms with van der Waals surface area (Å²) in [5.74, 6) is -0.0177. The largest absolute Gasteiger partial charge is 0.448 e. The summed E-state index contributed by atoms with van der Waals surface area (Å²) in [6.45, 7) is 5.08. The second-order valence-corrected chi connectivity index (χ2v) is 9.25. The third kappa shape index (κ3) is 4.28. The number of para-hydroxylation sites is 1. The second kappa shape index (κ2) is 9.03. The maximum Gasteiger partial charge on any atom is 0.297 e. The van der Waals surface area contributed by atoms with Crippen molar-refractivity contribution in [3.63, 3.8) is 0 Å². The summed E-state index contributed by atoms with van der Waals surface area (Å²) in [5.41, 5.74) is 4.08. The van der Waals surface area contributed by atoms with Crippen LogP contribution in [-0.2, 0) is 16.1 Å². The normalized spacial score (nSPS) is 16.0. The first-order chi connectivity index (χ1) is 16.0. The number of anilines is 1. The SMILES string of the molecule is Cc1cccc(NC(=O)CSc2nc3c(oc4ccccc43)c(=O)n2CC2CCCO2)c1C. The Morgan fingerprint density at radius 3 is 2.88 bits per heavy atom. The molecule has 170 valence electrons. The molecule has 33 heavy (non-hydrogen) atoms. The molecule has 7 nitrogen and oxygen atoms in total. The van der Waals surface area contributed by atoms with Crippen LogP contribution in [0.3, 0.4) is 0 Å². The highest BCUT2D eigenvalue weighted by Crippen LogP contribution is 2.28. The number of benzene rings is 2. The lowest BCUT2D eigenvalue weighted by molar-refractivity contribution is -0.113. The van der Waals surface area contributed by atoms with Crippen molar-refractivity contribution in [1.29, 1.82) is 0 Å². The molecule has 1 fully saturated rings. The number of furan rings is 1. The number of fused-ring (bicyclic) bond motifs is 3. The van der Waals surface area contributed by atoms with Gasteiger partial charge in [-0.05, 0) is 56.0 Å². The Kier molecular flexibility index (Phi) is 5.95. The van der Waals surface area contributed by atoms with Gasteiger partial charge in [0.05, 0.1) is 18.4 Å². The van der Waals surface area contributed by atoms with Gasteiger partial charge in [-0.2, -0.15) is 0 Å². The lowest BCUT2D eigenvalue weighted by Gasteiger charge is -2.15. The van der Waals surface area contributed by atoms with Crippen molar-refractivity contribution in [3.8, 4) is 0 Å². The zero-order valence-electron chi connectivity index (χ0n) is 18.6. The quantitative estimate of drug-likeness (QED) is 0.330. The molecule has 3 heterocycles. The number of amides is 1. The average Bonchev–Trinajstić information content (AvgIpc) is 3.46. The van der Waals surface area contributed by atoms with E-state index in [1.165, 1.54) is 11.8 Å². The van der Waals surface area contributed by atoms with Gasteiger partial charge < -0.3 is 14.5 Å². The standard InChI is InChI=1S/C25H25N3O4S/c1-15-7-5-10-19(16(15)2)26-21(29)14-33-25-27-22-18-9-3-4-11-20(18)32-23(22)24(30)28(25)13-17-8-6-12-31-17/h3-5,7,9-11,17H,6,8,12-14H2,1-2H3,(H,26,29). The molecule has 1 amide bonds. The van der Waals surface area contributed by atoms with Crippen LogP contribution in [0.15, 0.2) is 56.8 Å². The van der Waals surface area contributed by atoms with Gasteiger partial charge >= 0.3 is 0 Å². The maximum absolute atomic E-state index is 13.4. The van der Waals surface area contributed by atoms with Crippen LogP contribution in [0.1, 0.15) is 24.0 Å². The molecule has 0 aliphatic carbocycles. The summed E-state index contributed by atoms with van der Waals surface area (Å²) in [7, 11) is 0. The molecule has 0 bridgehead atoms. The monoisotopic (exact) mass is 463 g/mol. The number of rotatable bonds is 6. The summed E-state index contributed by atoms with van der Waals surface area (Å²) in [6, 6.07) is 13.3. The van der Waals surface area contributed by atoms with Crippen molar-refractivity contribution in [1.82, 2.24) is 9.55 Å². The van der Waals surface area contributed by atoms with Crippen LogP contribution in [-0.4, -0.2) is 33.9 Å². The minimum atomic E-state index is -0.246. The summed E-state index contributed by atoms with van der Waals surface area (Å²) >= 11 is 1.25. The highest BCUT2D eigenvalue weighted by molar-refractivity contribution is 7.99. The van der Waals surface area contributed by atoms with E-state index in [2.05, 4.69) is 5.32 Å². The lowest BCUT2D eigenvalue weighted by Crippen LogP contribution is -2.29. The van der Waals surface area contributed by atoms with Gasteiger partial charge in [0.25, 0.3) is 5.56 Å². The summed E-state index contributed by atoms with van der Waals surface area (Å²) in [6.07, 6.45) is 1.82. The molecule has 1 N–H and O–H groups in total. The van der Waals surface area contributed by atoms with Gasteiger partial charge in [0.15, 0.2) is 5.16 Å². The molecule has 1 aliphatic rings.